The molecule has 7 heteroatoms. The van der Waals surface area contributed by atoms with Crippen molar-refractivity contribution < 1.29 is 13.2 Å². The van der Waals surface area contributed by atoms with Gasteiger partial charge >= 0.3 is 6.18 Å². The van der Waals surface area contributed by atoms with Crippen LogP contribution in [0.2, 0.25) is 8.67 Å². The highest BCUT2D eigenvalue weighted by atomic mass is 35.5. The van der Waals surface area contributed by atoms with Crippen molar-refractivity contribution in [3.05, 3.63) is 20.3 Å². The first-order chi connectivity index (χ1) is 8.33. The quantitative estimate of drug-likeness (QED) is 0.736. The molecular weight excluding hydrogens is 306 g/mol. The summed E-state index contributed by atoms with van der Waals surface area (Å²) in [7, 11) is 0. The second kappa shape index (κ2) is 6.98. The molecule has 0 aliphatic carbocycles. The SMILES string of the molecule is CCNC(CCCC(F)(F)F)c1cc(Cl)sc1Cl. The van der Waals surface area contributed by atoms with Crippen LogP contribution in [0.25, 0.3) is 0 Å². The minimum Gasteiger partial charge on any atom is -0.310 e. The largest absolute Gasteiger partial charge is 0.389 e. The van der Waals surface area contributed by atoms with E-state index in [-0.39, 0.29) is 12.5 Å². The summed E-state index contributed by atoms with van der Waals surface area (Å²) in [5.41, 5.74) is 0.788. The molecule has 1 N–H and O–H groups in total. The third-order valence-corrected chi connectivity index (χ3v) is 3.98. The molecule has 1 atom stereocenters. The molecule has 0 saturated heterocycles. The van der Waals surface area contributed by atoms with Gasteiger partial charge in [0.05, 0.1) is 8.67 Å². The molecule has 0 spiro atoms. The van der Waals surface area contributed by atoms with Gasteiger partial charge in [0.15, 0.2) is 0 Å². The van der Waals surface area contributed by atoms with Gasteiger partial charge < -0.3 is 5.32 Å². The Hall–Kier alpha value is 0.0300. The summed E-state index contributed by atoms with van der Waals surface area (Å²) in [4.78, 5) is 0. The molecule has 0 aliphatic heterocycles. The number of alkyl halides is 3. The topological polar surface area (TPSA) is 12.0 Å². The Balaban J connectivity index is 2.63. The second-order valence-corrected chi connectivity index (χ2v) is 6.18. The van der Waals surface area contributed by atoms with Gasteiger partial charge in [-0.15, -0.1) is 11.3 Å². The molecule has 0 bridgehead atoms. The molecule has 0 aliphatic rings. The molecule has 1 rings (SSSR count). The lowest BCUT2D eigenvalue weighted by Gasteiger charge is -2.17. The average molecular weight is 320 g/mol. The Labute approximate surface area is 118 Å². The minimum absolute atomic E-state index is 0.0744. The van der Waals surface area contributed by atoms with E-state index >= 15 is 0 Å². The molecular formula is C11H14Cl2F3NS. The van der Waals surface area contributed by atoms with E-state index in [4.69, 9.17) is 23.2 Å². The maximum Gasteiger partial charge on any atom is 0.389 e. The molecule has 1 aromatic rings. The van der Waals surface area contributed by atoms with Crippen LogP contribution < -0.4 is 5.32 Å². The van der Waals surface area contributed by atoms with E-state index < -0.39 is 12.6 Å². The molecule has 104 valence electrons. The summed E-state index contributed by atoms with van der Waals surface area (Å²) in [6.45, 7) is 2.57. The standard InChI is InChI=1S/C11H14Cl2F3NS/c1-2-17-8(4-3-5-11(14,15)16)7-6-9(12)18-10(7)13/h6,8,17H,2-5H2,1H3. The molecule has 1 unspecified atom stereocenters. The summed E-state index contributed by atoms with van der Waals surface area (Å²) >= 11 is 13.1. The van der Waals surface area contributed by atoms with Crippen LogP contribution in [-0.4, -0.2) is 12.7 Å². The van der Waals surface area contributed by atoms with Gasteiger partial charge in [0.2, 0.25) is 0 Å². The lowest BCUT2D eigenvalue weighted by molar-refractivity contribution is -0.135. The Kier molecular flexibility index (Phi) is 6.24. The smallest absolute Gasteiger partial charge is 0.310 e. The Morgan fingerprint density at radius 2 is 2.06 bits per heavy atom. The number of hydrogen-bond donors (Lipinski definition) is 1. The van der Waals surface area contributed by atoms with E-state index in [1.54, 1.807) is 6.07 Å². The number of halogens is 5. The molecule has 0 amide bonds. The van der Waals surface area contributed by atoms with E-state index in [9.17, 15) is 13.2 Å². The predicted octanol–water partition coefficient (Wildman–Crippen LogP) is 5.44. The summed E-state index contributed by atoms with van der Waals surface area (Å²) in [5, 5.41) is 3.14. The van der Waals surface area contributed by atoms with Crippen LogP contribution in [0.5, 0.6) is 0 Å². The highest BCUT2D eigenvalue weighted by molar-refractivity contribution is 7.20. The van der Waals surface area contributed by atoms with Gasteiger partial charge in [-0.2, -0.15) is 13.2 Å². The van der Waals surface area contributed by atoms with Crippen LogP contribution in [-0.2, 0) is 0 Å². The zero-order valence-corrected chi connectivity index (χ0v) is 12.1. The fraction of sp³-hybridized carbons (Fsp3) is 0.636. The highest BCUT2D eigenvalue weighted by Crippen LogP contribution is 2.37. The van der Waals surface area contributed by atoms with Crippen molar-refractivity contribution in [1.82, 2.24) is 5.32 Å². The number of hydrogen-bond acceptors (Lipinski definition) is 2. The molecule has 0 saturated carbocycles. The van der Waals surface area contributed by atoms with Gasteiger partial charge in [-0.05, 0) is 25.5 Å². The van der Waals surface area contributed by atoms with Crippen molar-refractivity contribution in [2.75, 3.05) is 6.54 Å². The van der Waals surface area contributed by atoms with Crippen LogP contribution in [0.1, 0.15) is 37.8 Å². The fourth-order valence-corrected chi connectivity index (χ4v) is 3.29. The maximum atomic E-state index is 12.1. The number of rotatable bonds is 6. The highest BCUT2D eigenvalue weighted by Gasteiger charge is 2.27. The molecule has 1 aromatic heterocycles. The van der Waals surface area contributed by atoms with Crippen molar-refractivity contribution >= 4 is 34.5 Å². The van der Waals surface area contributed by atoms with Crippen LogP contribution in [0.15, 0.2) is 6.07 Å². The van der Waals surface area contributed by atoms with E-state index in [1.807, 2.05) is 6.92 Å². The minimum atomic E-state index is -4.10. The van der Waals surface area contributed by atoms with Crippen molar-refractivity contribution in [2.24, 2.45) is 0 Å². The van der Waals surface area contributed by atoms with Gasteiger partial charge in [0.25, 0.3) is 0 Å². The second-order valence-electron chi connectivity index (χ2n) is 3.90. The van der Waals surface area contributed by atoms with E-state index in [0.717, 1.165) is 5.56 Å². The van der Waals surface area contributed by atoms with Crippen LogP contribution in [0.4, 0.5) is 13.2 Å². The Morgan fingerprint density at radius 3 is 2.50 bits per heavy atom. The average Bonchev–Trinajstić information content (AvgIpc) is 2.55. The summed E-state index contributed by atoms with van der Waals surface area (Å²) in [5.74, 6) is 0. The van der Waals surface area contributed by atoms with Crippen molar-refractivity contribution in [1.29, 1.82) is 0 Å². The van der Waals surface area contributed by atoms with Gasteiger partial charge in [0, 0.05) is 18.0 Å². The normalized spacial score (nSPS) is 13.9. The summed E-state index contributed by atoms with van der Waals surface area (Å²) in [6, 6.07) is 1.55. The molecule has 18 heavy (non-hydrogen) atoms. The molecule has 0 radical (unpaired) electrons. The molecule has 1 heterocycles. The first-order valence-corrected chi connectivity index (χ1v) is 7.15. The third-order valence-electron chi connectivity index (χ3n) is 2.46. The first kappa shape index (κ1) is 16.1. The zero-order valence-electron chi connectivity index (χ0n) is 9.78. The lowest BCUT2D eigenvalue weighted by atomic mass is 10.0. The summed E-state index contributed by atoms with van der Waals surface area (Å²) in [6.07, 6.45) is -4.41. The summed E-state index contributed by atoms with van der Waals surface area (Å²) < 4.78 is 37.4. The zero-order chi connectivity index (χ0) is 13.8. The van der Waals surface area contributed by atoms with Crippen molar-refractivity contribution in [2.45, 2.75) is 38.4 Å². The van der Waals surface area contributed by atoms with Gasteiger partial charge in [-0.1, -0.05) is 30.1 Å². The van der Waals surface area contributed by atoms with Crippen molar-refractivity contribution in [3.8, 4) is 0 Å². The van der Waals surface area contributed by atoms with E-state index in [1.165, 1.54) is 11.3 Å². The van der Waals surface area contributed by atoms with Crippen molar-refractivity contribution in [3.63, 3.8) is 0 Å². The van der Waals surface area contributed by atoms with E-state index in [2.05, 4.69) is 5.32 Å². The van der Waals surface area contributed by atoms with Crippen LogP contribution in [0, 0.1) is 0 Å². The maximum absolute atomic E-state index is 12.1. The van der Waals surface area contributed by atoms with Gasteiger partial charge in [0.1, 0.15) is 0 Å². The molecule has 1 nitrogen and oxygen atoms in total. The monoisotopic (exact) mass is 319 g/mol. The Bertz CT molecular complexity index is 379. The Morgan fingerprint density at radius 1 is 1.39 bits per heavy atom. The lowest BCUT2D eigenvalue weighted by Crippen LogP contribution is -2.21. The number of nitrogens with one attached hydrogen (secondary N) is 1. The van der Waals surface area contributed by atoms with Crippen LogP contribution in [0.3, 0.4) is 0 Å². The van der Waals surface area contributed by atoms with Crippen LogP contribution >= 0.6 is 34.5 Å². The fourth-order valence-electron chi connectivity index (χ4n) is 1.71. The van der Waals surface area contributed by atoms with Gasteiger partial charge in [-0.25, -0.2) is 0 Å². The third kappa shape index (κ3) is 5.34. The molecule has 0 aromatic carbocycles. The first-order valence-electron chi connectivity index (χ1n) is 5.58. The molecule has 0 fully saturated rings. The van der Waals surface area contributed by atoms with E-state index in [0.29, 0.717) is 21.6 Å². The number of thiophene rings is 1. The van der Waals surface area contributed by atoms with Gasteiger partial charge in [-0.3, -0.25) is 0 Å². The predicted molar refractivity (Wildman–Crippen MR) is 70.7 cm³/mol.